The van der Waals surface area contributed by atoms with Crippen LogP contribution >= 0.6 is 0 Å². The van der Waals surface area contributed by atoms with E-state index in [1.807, 2.05) is 25.3 Å². The summed E-state index contributed by atoms with van der Waals surface area (Å²) in [5.41, 5.74) is 4.45. The minimum Gasteiger partial charge on any atom is -0.292 e. The smallest absolute Gasteiger partial charge is 0.239 e. The second-order valence-corrected chi connectivity index (χ2v) is 4.29. The molecule has 6 heteroatoms. The number of aromatic nitrogens is 4. The van der Waals surface area contributed by atoms with E-state index in [4.69, 9.17) is 5.84 Å². The van der Waals surface area contributed by atoms with Crippen molar-refractivity contribution in [1.82, 2.24) is 19.7 Å². The van der Waals surface area contributed by atoms with Crippen molar-refractivity contribution in [1.29, 1.82) is 0 Å². The SMILES string of the molecule is Cc1cc(-n2ccc(C3CC3)n2)nc(NN)n1. The van der Waals surface area contributed by atoms with Crippen LogP contribution in [-0.2, 0) is 0 Å². The molecule has 1 aliphatic rings. The summed E-state index contributed by atoms with van der Waals surface area (Å²) in [5.74, 6) is 7.11. The van der Waals surface area contributed by atoms with Gasteiger partial charge in [-0.25, -0.2) is 15.5 Å². The first-order chi connectivity index (χ1) is 8.26. The quantitative estimate of drug-likeness (QED) is 0.610. The van der Waals surface area contributed by atoms with Gasteiger partial charge < -0.3 is 0 Å². The summed E-state index contributed by atoms with van der Waals surface area (Å²) in [7, 11) is 0. The third kappa shape index (κ3) is 1.99. The van der Waals surface area contributed by atoms with Gasteiger partial charge in [-0.3, -0.25) is 5.43 Å². The molecule has 17 heavy (non-hydrogen) atoms. The van der Waals surface area contributed by atoms with Crippen LogP contribution in [0.2, 0.25) is 0 Å². The average Bonchev–Trinajstić information content (AvgIpc) is 3.06. The van der Waals surface area contributed by atoms with E-state index in [0.717, 1.165) is 17.2 Å². The van der Waals surface area contributed by atoms with E-state index in [2.05, 4.69) is 20.5 Å². The largest absolute Gasteiger partial charge is 0.292 e. The number of aryl methyl sites for hydroxylation is 1. The number of rotatable bonds is 3. The number of nitrogens with two attached hydrogens (primary N) is 1. The summed E-state index contributed by atoms with van der Waals surface area (Å²) in [6, 6.07) is 3.93. The summed E-state index contributed by atoms with van der Waals surface area (Å²) in [6.45, 7) is 1.90. The maximum atomic E-state index is 5.32. The normalized spacial score (nSPS) is 14.9. The minimum atomic E-state index is 0.406. The molecule has 0 radical (unpaired) electrons. The number of nitrogen functional groups attached to an aromatic ring is 1. The Bertz CT molecular complexity index is 543. The Balaban J connectivity index is 1.98. The Morgan fingerprint density at radius 1 is 1.41 bits per heavy atom. The topological polar surface area (TPSA) is 81.7 Å². The number of hydrogen-bond acceptors (Lipinski definition) is 5. The van der Waals surface area contributed by atoms with Crippen molar-refractivity contribution in [2.75, 3.05) is 5.43 Å². The maximum absolute atomic E-state index is 5.32. The maximum Gasteiger partial charge on any atom is 0.239 e. The van der Waals surface area contributed by atoms with Crippen molar-refractivity contribution in [3.05, 3.63) is 29.7 Å². The second kappa shape index (κ2) is 3.81. The molecule has 0 spiro atoms. The standard InChI is InChI=1S/C11H14N6/c1-7-6-10(14-11(13-7)15-12)17-5-4-9(16-17)8-2-3-8/h4-6,8H,2-3,12H2,1H3,(H,13,14,15). The number of hydrazine groups is 1. The summed E-state index contributed by atoms with van der Waals surface area (Å²) in [4.78, 5) is 8.41. The summed E-state index contributed by atoms with van der Waals surface area (Å²) in [5, 5.41) is 4.52. The predicted molar refractivity (Wildman–Crippen MR) is 63.7 cm³/mol. The fourth-order valence-corrected chi connectivity index (χ4v) is 1.80. The third-order valence-electron chi connectivity index (χ3n) is 2.81. The lowest BCUT2D eigenvalue weighted by atomic mass is 10.3. The van der Waals surface area contributed by atoms with Crippen molar-refractivity contribution < 1.29 is 0 Å². The molecule has 3 N–H and O–H groups in total. The van der Waals surface area contributed by atoms with E-state index in [9.17, 15) is 0 Å². The number of nitrogens with zero attached hydrogens (tertiary/aromatic N) is 4. The van der Waals surface area contributed by atoms with Crippen molar-refractivity contribution in [2.24, 2.45) is 5.84 Å². The summed E-state index contributed by atoms with van der Waals surface area (Å²) >= 11 is 0. The van der Waals surface area contributed by atoms with Crippen LogP contribution in [0.25, 0.3) is 5.82 Å². The van der Waals surface area contributed by atoms with E-state index < -0.39 is 0 Å². The molecule has 1 fully saturated rings. The first kappa shape index (κ1) is 10.2. The summed E-state index contributed by atoms with van der Waals surface area (Å²) < 4.78 is 1.77. The molecule has 1 saturated carbocycles. The van der Waals surface area contributed by atoms with Gasteiger partial charge in [0, 0.05) is 23.9 Å². The Morgan fingerprint density at radius 2 is 2.24 bits per heavy atom. The van der Waals surface area contributed by atoms with Crippen LogP contribution in [0, 0.1) is 6.92 Å². The Hall–Kier alpha value is -1.95. The van der Waals surface area contributed by atoms with E-state index in [0.29, 0.717) is 11.9 Å². The summed E-state index contributed by atoms with van der Waals surface area (Å²) in [6.07, 6.45) is 4.42. The predicted octanol–water partition coefficient (Wildman–Crippen LogP) is 1.13. The molecule has 3 rings (SSSR count). The average molecular weight is 230 g/mol. The molecule has 2 aromatic heterocycles. The van der Waals surface area contributed by atoms with Gasteiger partial charge in [0.05, 0.1) is 5.69 Å². The van der Waals surface area contributed by atoms with Gasteiger partial charge in [0.15, 0.2) is 5.82 Å². The van der Waals surface area contributed by atoms with E-state index in [-0.39, 0.29) is 0 Å². The molecule has 0 saturated heterocycles. The highest BCUT2D eigenvalue weighted by Crippen LogP contribution is 2.38. The zero-order valence-corrected chi connectivity index (χ0v) is 9.59. The minimum absolute atomic E-state index is 0.406. The highest BCUT2D eigenvalue weighted by molar-refractivity contribution is 5.33. The van der Waals surface area contributed by atoms with Gasteiger partial charge in [0.2, 0.25) is 5.95 Å². The van der Waals surface area contributed by atoms with Gasteiger partial charge in [-0.1, -0.05) is 0 Å². The van der Waals surface area contributed by atoms with Crippen LogP contribution in [0.4, 0.5) is 5.95 Å². The molecule has 2 heterocycles. The molecule has 0 atom stereocenters. The van der Waals surface area contributed by atoms with Gasteiger partial charge in [-0.2, -0.15) is 10.1 Å². The zero-order chi connectivity index (χ0) is 11.8. The molecular weight excluding hydrogens is 216 g/mol. The molecule has 0 aromatic carbocycles. The van der Waals surface area contributed by atoms with Crippen LogP contribution in [0.3, 0.4) is 0 Å². The van der Waals surface area contributed by atoms with Gasteiger partial charge >= 0.3 is 0 Å². The first-order valence-electron chi connectivity index (χ1n) is 5.64. The number of anilines is 1. The first-order valence-corrected chi connectivity index (χ1v) is 5.64. The van der Waals surface area contributed by atoms with Gasteiger partial charge in [0.25, 0.3) is 0 Å². The van der Waals surface area contributed by atoms with Crippen LogP contribution < -0.4 is 11.3 Å². The molecule has 6 nitrogen and oxygen atoms in total. The second-order valence-electron chi connectivity index (χ2n) is 4.29. The fraction of sp³-hybridized carbons (Fsp3) is 0.364. The lowest BCUT2D eigenvalue weighted by molar-refractivity contribution is 0.805. The fourth-order valence-electron chi connectivity index (χ4n) is 1.80. The van der Waals surface area contributed by atoms with Crippen molar-refractivity contribution in [3.8, 4) is 5.82 Å². The Morgan fingerprint density at radius 3 is 2.94 bits per heavy atom. The van der Waals surface area contributed by atoms with Crippen LogP contribution in [0.15, 0.2) is 18.3 Å². The van der Waals surface area contributed by atoms with Crippen LogP contribution in [-0.4, -0.2) is 19.7 Å². The lowest BCUT2D eigenvalue weighted by Crippen LogP contribution is -2.13. The zero-order valence-electron chi connectivity index (χ0n) is 9.59. The van der Waals surface area contributed by atoms with Crippen molar-refractivity contribution in [3.63, 3.8) is 0 Å². The lowest BCUT2D eigenvalue weighted by Gasteiger charge is -2.04. The molecule has 1 aliphatic carbocycles. The van der Waals surface area contributed by atoms with Crippen molar-refractivity contribution >= 4 is 5.95 Å². The van der Waals surface area contributed by atoms with Gasteiger partial charge in [-0.15, -0.1) is 0 Å². The van der Waals surface area contributed by atoms with Crippen LogP contribution in [0.1, 0.15) is 30.1 Å². The highest BCUT2D eigenvalue weighted by atomic mass is 15.4. The van der Waals surface area contributed by atoms with E-state index in [1.165, 1.54) is 12.8 Å². The monoisotopic (exact) mass is 230 g/mol. The highest BCUT2D eigenvalue weighted by Gasteiger charge is 2.26. The Labute approximate surface area is 98.8 Å². The third-order valence-corrected chi connectivity index (χ3v) is 2.81. The molecular formula is C11H14N6. The molecule has 0 bridgehead atoms. The van der Waals surface area contributed by atoms with Gasteiger partial charge in [-0.05, 0) is 25.8 Å². The van der Waals surface area contributed by atoms with Crippen molar-refractivity contribution in [2.45, 2.75) is 25.7 Å². The van der Waals surface area contributed by atoms with Crippen LogP contribution in [0.5, 0.6) is 0 Å². The van der Waals surface area contributed by atoms with E-state index >= 15 is 0 Å². The van der Waals surface area contributed by atoms with Gasteiger partial charge in [0.1, 0.15) is 0 Å². The molecule has 0 aliphatic heterocycles. The number of nitrogens with one attached hydrogen (secondary N) is 1. The molecule has 88 valence electrons. The Kier molecular flexibility index (Phi) is 2.29. The number of hydrogen-bond donors (Lipinski definition) is 2. The molecule has 0 unspecified atom stereocenters. The molecule has 2 aromatic rings. The molecule has 0 amide bonds. The van der Waals surface area contributed by atoms with E-state index in [1.54, 1.807) is 4.68 Å².